The van der Waals surface area contributed by atoms with Crippen LogP contribution in [-0.4, -0.2) is 16.7 Å². The van der Waals surface area contributed by atoms with Crippen molar-refractivity contribution in [2.45, 2.75) is 44.9 Å². The molecule has 84 valence electrons. The second-order valence-corrected chi connectivity index (χ2v) is 4.93. The number of hydrogen-bond donors (Lipinski definition) is 2. The molecule has 0 aromatic rings. The van der Waals surface area contributed by atoms with Crippen LogP contribution in [0, 0.1) is 0 Å². The molecular weight excluding hydrogens is 234 g/mol. The van der Waals surface area contributed by atoms with E-state index in [9.17, 15) is 0 Å². The molecule has 0 aromatic heterocycles. The maximum absolute atomic E-state index is 5.58. The lowest BCUT2D eigenvalue weighted by molar-refractivity contribution is 0.587. The van der Waals surface area contributed by atoms with Crippen LogP contribution >= 0.6 is 36.4 Å². The quantitative estimate of drug-likeness (QED) is 0.281. The van der Waals surface area contributed by atoms with Gasteiger partial charge in [-0.3, -0.25) is 0 Å². The zero-order valence-electron chi connectivity index (χ0n) is 8.60. The molecule has 0 aromatic carbocycles. The number of alkyl halides is 1. The number of halogens is 1. The molecule has 0 fully saturated rings. The Morgan fingerprint density at radius 1 is 1.00 bits per heavy atom. The van der Waals surface area contributed by atoms with Gasteiger partial charge in [0, 0.05) is 12.4 Å². The Morgan fingerprint density at radius 2 is 1.50 bits per heavy atom. The first-order valence-corrected chi connectivity index (χ1v) is 6.69. The lowest BCUT2D eigenvalue weighted by Gasteiger charge is -2.03. The van der Waals surface area contributed by atoms with Crippen LogP contribution in [0.3, 0.4) is 0 Å². The monoisotopic (exact) mass is 253 g/mol. The smallest absolute Gasteiger partial charge is 0.130 e. The van der Waals surface area contributed by atoms with Crippen LogP contribution in [0.4, 0.5) is 0 Å². The Hall–Kier alpha value is 0.530. The Morgan fingerprint density at radius 3 is 2.00 bits per heavy atom. The summed E-state index contributed by atoms with van der Waals surface area (Å²) >= 11 is 14.4. The molecule has 1 nitrogen and oxygen atoms in total. The van der Waals surface area contributed by atoms with Gasteiger partial charge >= 0.3 is 0 Å². The standard InChI is InChI=1S/C10H20ClNS2/c11-8-6-4-2-1-3-5-7-9-12-10(13)14/h1-9H2,(H2,12,13,14). The van der Waals surface area contributed by atoms with E-state index < -0.39 is 0 Å². The summed E-state index contributed by atoms with van der Waals surface area (Å²) in [5.74, 6) is 0.809. The third-order valence-electron chi connectivity index (χ3n) is 2.09. The van der Waals surface area contributed by atoms with Crippen LogP contribution in [0.5, 0.6) is 0 Å². The van der Waals surface area contributed by atoms with Crippen LogP contribution in [0.1, 0.15) is 44.9 Å². The molecule has 0 aliphatic heterocycles. The van der Waals surface area contributed by atoms with Crippen LogP contribution in [-0.2, 0) is 0 Å². The van der Waals surface area contributed by atoms with Crippen molar-refractivity contribution in [3.63, 3.8) is 0 Å². The molecule has 14 heavy (non-hydrogen) atoms. The summed E-state index contributed by atoms with van der Waals surface area (Å²) in [5, 5.41) is 3.03. The largest absolute Gasteiger partial charge is 0.371 e. The fourth-order valence-corrected chi connectivity index (χ4v) is 1.70. The predicted molar refractivity (Wildman–Crippen MR) is 72.6 cm³/mol. The van der Waals surface area contributed by atoms with E-state index in [0.717, 1.165) is 18.8 Å². The summed E-state index contributed by atoms with van der Waals surface area (Å²) in [7, 11) is 0. The third-order valence-corrected chi connectivity index (χ3v) is 2.66. The van der Waals surface area contributed by atoms with Crippen LogP contribution in [0.25, 0.3) is 0 Å². The van der Waals surface area contributed by atoms with Gasteiger partial charge in [-0.15, -0.1) is 24.2 Å². The van der Waals surface area contributed by atoms with Gasteiger partial charge in [-0.05, 0) is 12.8 Å². The molecule has 0 atom stereocenters. The van der Waals surface area contributed by atoms with Crippen molar-refractivity contribution in [2.75, 3.05) is 12.4 Å². The third kappa shape index (κ3) is 12.5. The van der Waals surface area contributed by atoms with E-state index in [0.29, 0.717) is 4.32 Å². The van der Waals surface area contributed by atoms with E-state index in [-0.39, 0.29) is 0 Å². The normalized spacial score (nSPS) is 10.1. The second kappa shape index (κ2) is 11.6. The first-order chi connectivity index (χ1) is 6.77. The number of rotatable bonds is 9. The minimum absolute atomic E-state index is 0.604. The molecule has 0 heterocycles. The molecule has 0 aliphatic carbocycles. The van der Waals surface area contributed by atoms with E-state index >= 15 is 0 Å². The molecule has 0 spiro atoms. The van der Waals surface area contributed by atoms with Crippen molar-refractivity contribution < 1.29 is 0 Å². The van der Waals surface area contributed by atoms with E-state index in [1.54, 1.807) is 0 Å². The molecule has 4 heteroatoms. The maximum atomic E-state index is 5.58. The van der Waals surface area contributed by atoms with Gasteiger partial charge in [-0.1, -0.05) is 44.3 Å². The summed E-state index contributed by atoms with van der Waals surface area (Å²) in [6.45, 7) is 0.962. The Labute approximate surface area is 103 Å². The average molecular weight is 254 g/mol. The van der Waals surface area contributed by atoms with Crippen LogP contribution in [0.15, 0.2) is 0 Å². The summed E-state index contributed by atoms with van der Waals surface area (Å²) in [4.78, 5) is 0. The highest BCUT2D eigenvalue weighted by molar-refractivity contribution is 8.11. The minimum Gasteiger partial charge on any atom is -0.371 e. The number of hydrogen-bond acceptors (Lipinski definition) is 1. The molecule has 0 saturated carbocycles. The Bertz CT molecular complexity index is 142. The van der Waals surface area contributed by atoms with Crippen LogP contribution < -0.4 is 5.32 Å². The topological polar surface area (TPSA) is 12.0 Å². The van der Waals surface area contributed by atoms with E-state index in [4.69, 9.17) is 23.8 Å². The fourth-order valence-electron chi connectivity index (χ4n) is 1.30. The van der Waals surface area contributed by atoms with Crippen molar-refractivity contribution >= 4 is 40.8 Å². The molecule has 0 radical (unpaired) electrons. The van der Waals surface area contributed by atoms with E-state index in [2.05, 4.69) is 17.9 Å². The van der Waals surface area contributed by atoms with Gasteiger partial charge in [0.05, 0.1) is 0 Å². The highest BCUT2D eigenvalue weighted by Crippen LogP contribution is 2.07. The fraction of sp³-hybridized carbons (Fsp3) is 0.900. The highest BCUT2D eigenvalue weighted by Gasteiger charge is 1.92. The Balaban J connectivity index is 2.88. The summed E-state index contributed by atoms with van der Waals surface area (Å²) in [6, 6.07) is 0. The van der Waals surface area contributed by atoms with Crippen LogP contribution in [0.2, 0.25) is 0 Å². The number of unbranched alkanes of at least 4 members (excludes halogenated alkanes) is 6. The second-order valence-electron chi connectivity index (χ2n) is 3.40. The summed E-state index contributed by atoms with van der Waals surface area (Å²) in [6.07, 6.45) is 8.90. The van der Waals surface area contributed by atoms with Crippen molar-refractivity contribution in [3.8, 4) is 0 Å². The molecule has 0 bridgehead atoms. The lowest BCUT2D eigenvalue weighted by atomic mass is 10.1. The van der Waals surface area contributed by atoms with Crippen molar-refractivity contribution in [1.29, 1.82) is 0 Å². The van der Waals surface area contributed by atoms with Gasteiger partial charge < -0.3 is 5.32 Å². The SMILES string of the molecule is S=C(S)NCCCCCCCCCCl. The highest BCUT2D eigenvalue weighted by atomic mass is 35.5. The number of thiol groups is 1. The van der Waals surface area contributed by atoms with E-state index in [1.807, 2.05) is 0 Å². The number of thiocarbonyl (C=S) groups is 1. The molecule has 0 amide bonds. The molecule has 0 rings (SSSR count). The van der Waals surface area contributed by atoms with Gasteiger partial charge in [-0.25, -0.2) is 0 Å². The Kier molecular flexibility index (Phi) is 12.0. The first kappa shape index (κ1) is 14.5. The van der Waals surface area contributed by atoms with Crippen molar-refractivity contribution in [2.24, 2.45) is 0 Å². The minimum atomic E-state index is 0.604. The van der Waals surface area contributed by atoms with Gasteiger partial charge in [0.2, 0.25) is 0 Å². The van der Waals surface area contributed by atoms with Gasteiger partial charge in [0.15, 0.2) is 0 Å². The zero-order valence-corrected chi connectivity index (χ0v) is 11.1. The van der Waals surface area contributed by atoms with Gasteiger partial charge in [-0.2, -0.15) is 0 Å². The molecular formula is C10H20ClNS2. The maximum Gasteiger partial charge on any atom is 0.130 e. The zero-order chi connectivity index (χ0) is 10.6. The predicted octanol–water partition coefficient (Wildman–Crippen LogP) is 3.76. The molecule has 0 unspecified atom stereocenters. The first-order valence-electron chi connectivity index (χ1n) is 5.30. The summed E-state index contributed by atoms with van der Waals surface area (Å²) in [5.41, 5.74) is 0. The van der Waals surface area contributed by atoms with Crippen molar-refractivity contribution in [3.05, 3.63) is 0 Å². The molecule has 1 N–H and O–H groups in total. The van der Waals surface area contributed by atoms with Crippen molar-refractivity contribution in [1.82, 2.24) is 5.32 Å². The van der Waals surface area contributed by atoms with E-state index in [1.165, 1.54) is 38.5 Å². The molecule has 0 aliphatic rings. The lowest BCUT2D eigenvalue weighted by Crippen LogP contribution is -2.17. The van der Waals surface area contributed by atoms with Gasteiger partial charge in [0.1, 0.15) is 4.32 Å². The molecule has 0 saturated heterocycles. The average Bonchev–Trinajstić information content (AvgIpc) is 2.15. The number of nitrogens with one attached hydrogen (secondary N) is 1. The van der Waals surface area contributed by atoms with Gasteiger partial charge in [0.25, 0.3) is 0 Å². The summed E-state index contributed by atoms with van der Waals surface area (Å²) < 4.78 is 0.604.